The average Bonchev–Trinajstić information content (AvgIpc) is 3.67. The minimum atomic E-state index is -1.12. The molecule has 2 atom stereocenters. The Bertz CT molecular complexity index is 1350. The van der Waals surface area contributed by atoms with Gasteiger partial charge in [-0.1, -0.05) is 36.7 Å². The molecule has 38 heavy (non-hydrogen) atoms. The van der Waals surface area contributed by atoms with Gasteiger partial charge in [0.15, 0.2) is 10.8 Å². The number of nitrogens with one attached hydrogen (secondary N) is 1. The zero-order valence-electron chi connectivity index (χ0n) is 20.8. The lowest BCUT2D eigenvalue weighted by molar-refractivity contribution is -0.143. The van der Waals surface area contributed by atoms with E-state index in [1.54, 1.807) is 39.6 Å². The number of aromatic nitrogens is 1. The number of hydrogen-bond donors (Lipinski definition) is 1. The standard InChI is InChI=1S/C27H28N4O5S2/c32-19-16-31(22(33)13-17-5-4-10-28-15-17)18-6-11-30(24(18)19)25(34)27(8-2-1-3-9-27)29-26(35)36-23-14-21-20(38-23)7-12-37-21/h4-5,7,10,12,14-15,18,24H,1-3,6,8-9,11,13,16H2,(H,29,35). The zero-order chi connectivity index (χ0) is 26.3. The second-order valence-electron chi connectivity index (χ2n) is 10.2. The second-order valence-corrected chi connectivity index (χ2v) is 12.2. The number of ketones is 1. The molecule has 198 valence electrons. The minimum absolute atomic E-state index is 0.00379. The van der Waals surface area contributed by atoms with Crippen LogP contribution in [-0.4, -0.2) is 69.2 Å². The molecule has 3 amide bonds. The molecular formula is C27H28N4O5S2. The molecule has 0 radical (unpaired) electrons. The summed E-state index contributed by atoms with van der Waals surface area (Å²) < 4.78 is 7.69. The molecule has 2 unspecified atom stereocenters. The van der Waals surface area contributed by atoms with E-state index >= 15 is 0 Å². The van der Waals surface area contributed by atoms with E-state index in [1.165, 1.54) is 11.3 Å². The summed E-state index contributed by atoms with van der Waals surface area (Å²) in [6.45, 7) is 0.368. The third kappa shape index (κ3) is 4.58. The highest BCUT2D eigenvalue weighted by Crippen LogP contribution is 2.38. The topological polar surface area (TPSA) is 109 Å². The monoisotopic (exact) mass is 552 g/mol. The van der Waals surface area contributed by atoms with Crippen LogP contribution in [0.5, 0.6) is 5.06 Å². The van der Waals surface area contributed by atoms with Crippen molar-refractivity contribution in [1.29, 1.82) is 0 Å². The van der Waals surface area contributed by atoms with Crippen LogP contribution in [-0.2, 0) is 20.8 Å². The van der Waals surface area contributed by atoms with E-state index in [-0.39, 0.29) is 36.6 Å². The van der Waals surface area contributed by atoms with Gasteiger partial charge in [-0.15, -0.1) is 11.3 Å². The number of Topliss-reactive ketones (excluding diaryl/α,β-unsaturated/α-hetero) is 1. The molecule has 0 aromatic carbocycles. The summed E-state index contributed by atoms with van der Waals surface area (Å²) in [5, 5.41) is 5.39. The van der Waals surface area contributed by atoms with Gasteiger partial charge in [-0.3, -0.25) is 19.4 Å². The zero-order valence-corrected chi connectivity index (χ0v) is 22.4. The molecule has 0 spiro atoms. The summed E-state index contributed by atoms with van der Waals surface area (Å²) in [5.74, 6) is -0.519. The van der Waals surface area contributed by atoms with Crippen molar-refractivity contribution in [1.82, 2.24) is 20.1 Å². The van der Waals surface area contributed by atoms with Crippen LogP contribution in [0.1, 0.15) is 44.1 Å². The van der Waals surface area contributed by atoms with Crippen LogP contribution >= 0.6 is 22.7 Å². The summed E-state index contributed by atoms with van der Waals surface area (Å²) in [5.41, 5.74) is -0.333. The Balaban J connectivity index is 1.17. The predicted octanol–water partition coefficient (Wildman–Crippen LogP) is 3.77. The average molecular weight is 553 g/mol. The van der Waals surface area contributed by atoms with Crippen molar-refractivity contribution in [2.75, 3.05) is 13.1 Å². The highest BCUT2D eigenvalue weighted by molar-refractivity contribution is 7.27. The quantitative estimate of drug-likeness (QED) is 0.516. The number of nitrogens with zero attached hydrogens (tertiary/aromatic N) is 3. The Morgan fingerprint density at radius 1 is 1.13 bits per heavy atom. The summed E-state index contributed by atoms with van der Waals surface area (Å²) in [6, 6.07) is 6.40. The smallest absolute Gasteiger partial charge is 0.399 e. The number of rotatable bonds is 5. The summed E-state index contributed by atoms with van der Waals surface area (Å²) >= 11 is 2.97. The summed E-state index contributed by atoms with van der Waals surface area (Å²) in [7, 11) is 0. The molecular weight excluding hydrogens is 524 g/mol. The number of amides is 3. The van der Waals surface area contributed by atoms with Gasteiger partial charge in [0, 0.05) is 34.4 Å². The first-order chi connectivity index (χ1) is 18.4. The van der Waals surface area contributed by atoms with Crippen LogP contribution in [0.2, 0.25) is 0 Å². The largest absolute Gasteiger partial charge is 0.414 e. The van der Waals surface area contributed by atoms with Crippen molar-refractivity contribution < 1.29 is 23.9 Å². The number of hydrogen-bond acceptors (Lipinski definition) is 8. The Morgan fingerprint density at radius 3 is 2.74 bits per heavy atom. The third-order valence-electron chi connectivity index (χ3n) is 7.85. The molecule has 1 saturated carbocycles. The molecule has 11 heteroatoms. The lowest BCUT2D eigenvalue weighted by atomic mass is 9.80. The van der Waals surface area contributed by atoms with Gasteiger partial charge in [-0.2, -0.15) is 0 Å². The van der Waals surface area contributed by atoms with Crippen LogP contribution in [0.15, 0.2) is 42.0 Å². The van der Waals surface area contributed by atoms with Crippen molar-refractivity contribution in [3.8, 4) is 5.06 Å². The molecule has 3 aliphatic rings. The van der Waals surface area contributed by atoms with E-state index in [1.807, 2.05) is 23.6 Å². The Kier molecular flexibility index (Phi) is 6.65. The molecule has 2 saturated heterocycles. The molecule has 3 aromatic rings. The van der Waals surface area contributed by atoms with Crippen molar-refractivity contribution >= 4 is 55.8 Å². The lowest BCUT2D eigenvalue weighted by Gasteiger charge is -2.40. The Hall–Kier alpha value is -3.31. The van der Waals surface area contributed by atoms with Gasteiger partial charge in [0.2, 0.25) is 11.8 Å². The van der Waals surface area contributed by atoms with Gasteiger partial charge in [0.05, 0.1) is 19.0 Å². The molecule has 9 nitrogen and oxygen atoms in total. The molecule has 3 aromatic heterocycles. The Morgan fingerprint density at radius 2 is 1.97 bits per heavy atom. The summed E-state index contributed by atoms with van der Waals surface area (Å²) in [6.07, 6.45) is 6.90. The Labute approximate surface area is 227 Å². The number of pyridine rings is 1. The third-order valence-corrected chi connectivity index (χ3v) is 9.82. The first-order valence-corrected chi connectivity index (χ1v) is 14.6. The van der Waals surface area contributed by atoms with Gasteiger partial charge in [0.25, 0.3) is 0 Å². The SMILES string of the molecule is O=C(NC1(C(=O)N2CCC3C2C(=O)CN3C(=O)Cc2cccnc2)CCCCC1)Oc1cc2sccc2s1. The van der Waals surface area contributed by atoms with E-state index in [0.717, 1.165) is 34.2 Å². The first kappa shape index (κ1) is 25.0. The van der Waals surface area contributed by atoms with E-state index < -0.39 is 17.7 Å². The van der Waals surface area contributed by atoms with E-state index in [4.69, 9.17) is 4.74 Å². The van der Waals surface area contributed by atoms with Crippen LogP contribution in [0, 0.1) is 0 Å². The number of fused-ring (bicyclic) bond motifs is 2. The van der Waals surface area contributed by atoms with Crippen LogP contribution in [0.3, 0.4) is 0 Å². The maximum atomic E-state index is 14.1. The molecule has 1 N–H and O–H groups in total. The van der Waals surface area contributed by atoms with Gasteiger partial charge < -0.3 is 19.9 Å². The van der Waals surface area contributed by atoms with E-state index in [0.29, 0.717) is 30.9 Å². The fourth-order valence-corrected chi connectivity index (χ4v) is 8.02. The van der Waals surface area contributed by atoms with Gasteiger partial charge in [-0.25, -0.2) is 4.79 Å². The number of likely N-dealkylation sites (tertiary alicyclic amines) is 2. The predicted molar refractivity (Wildman–Crippen MR) is 143 cm³/mol. The number of carbonyl (C=O) groups is 4. The molecule has 0 bridgehead atoms. The molecule has 6 rings (SSSR count). The van der Waals surface area contributed by atoms with Gasteiger partial charge in [0.1, 0.15) is 11.6 Å². The van der Waals surface area contributed by atoms with Gasteiger partial charge >= 0.3 is 6.09 Å². The number of thiophene rings is 2. The first-order valence-electron chi connectivity index (χ1n) is 12.9. The van der Waals surface area contributed by atoms with Crippen molar-refractivity contribution in [2.45, 2.75) is 62.6 Å². The van der Waals surface area contributed by atoms with Crippen molar-refractivity contribution in [3.63, 3.8) is 0 Å². The second kappa shape index (κ2) is 10.1. The lowest BCUT2D eigenvalue weighted by Crippen LogP contribution is -2.62. The molecule has 2 aliphatic heterocycles. The fraction of sp³-hybridized carbons (Fsp3) is 0.444. The highest BCUT2D eigenvalue weighted by atomic mass is 32.1. The van der Waals surface area contributed by atoms with E-state index in [9.17, 15) is 19.2 Å². The molecule has 1 aliphatic carbocycles. The maximum Gasteiger partial charge on any atom is 0.414 e. The molecule has 3 fully saturated rings. The number of ether oxygens (including phenoxy) is 1. The fourth-order valence-electron chi connectivity index (χ4n) is 6.08. The van der Waals surface area contributed by atoms with Crippen molar-refractivity contribution in [2.24, 2.45) is 0 Å². The van der Waals surface area contributed by atoms with Crippen LogP contribution in [0.4, 0.5) is 4.79 Å². The molecule has 5 heterocycles. The van der Waals surface area contributed by atoms with Crippen LogP contribution < -0.4 is 10.1 Å². The van der Waals surface area contributed by atoms with E-state index in [2.05, 4.69) is 10.3 Å². The highest BCUT2D eigenvalue weighted by Gasteiger charge is 2.55. The summed E-state index contributed by atoms with van der Waals surface area (Å²) in [4.78, 5) is 60.6. The maximum absolute atomic E-state index is 14.1. The minimum Gasteiger partial charge on any atom is -0.399 e. The number of carbonyl (C=O) groups excluding carboxylic acids is 4. The van der Waals surface area contributed by atoms with Gasteiger partial charge in [-0.05, 0) is 42.3 Å². The van der Waals surface area contributed by atoms with Crippen LogP contribution in [0.25, 0.3) is 9.40 Å². The van der Waals surface area contributed by atoms with Crippen molar-refractivity contribution in [3.05, 3.63) is 47.6 Å². The normalized spacial score (nSPS) is 22.5.